The highest BCUT2D eigenvalue weighted by Gasteiger charge is 2.59. The first-order chi connectivity index (χ1) is 36.7. The van der Waals surface area contributed by atoms with Crippen LogP contribution in [0, 0.1) is 0 Å². The number of rotatable bonds is 7. The number of hydrogen-bond donors (Lipinski definition) is 21. The molecule has 448 valence electrons. The number of hydrogen-bond acceptors (Lipinski definition) is 35. The Hall–Kier alpha value is -1.01. The molecule has 21 saturated heterocycles. The van der Waals surface area contributed by atoms with Gasteiger partial charge in [0.2, 0.25) is 0 Å². The Balaban J connectivity index is 1.08. The molecule has 0 unspecified atom stereocenters. The van der Waals surface area contributed by atoms with Crippen molar-refractivity contribution in [3.63, 3.8) is 0 Å². The molecule has 0 aliphatic carbocycles. The van der Waals surface area contributed by atoms with Crippen molar-refractivity contribution in [3.8, 4) is 0 Å². The van der Waals surface area contributed by atoms with Crippen LogP contribution in [0.15, 0.2) is 0 Å². The van der Waals surface area contributed by atoms with Gasteiger partial charge in [-0.15, -0.1) is 0 Å². The van der Waals surface area contributed by atoms with E-state index in [1.807, 2.05) is 0 Å². The van der Waals surface area contributed by atoms with Crippen molar-refractivity contribution in [1.29, 1.82) is 0 Å². The molecule has 20 N–H and O–H groups in total. The lowest BCUT2D eigenvalue weighted by atomic mass is 9.95. The van der Waals surface area contributed by atoms with Crippen LogP contribution in [0.2, 0.25) is 0 Å². The van der Waals surface area contributed by atoms with Crippen LogP contribution in [-0.4, -0.2) is 362 Å². The van der Waals surface area contributed by atoms with E-state index in [1.54, 1.807) is 0 Å². The zero-order valence-electron chi connectivity index (χ0n) is 40.3. The van der Waals surface area contributed by atoms with E-state index in [-0.39, 0.29) is 0 Å². The fraction of sp³-hybridized carbons (Fsp3) is 1.00. The van der Waals surface area contributed by atoms with E-state index in [9.17, 15) is 102 Å². The van der Waals surface area contributed by atoms with Crippen molar-refractivity contribution in [2.45, 2.75) is 214 Å². The van der Waals surface area contributed by atoms with Gasteiger partial charge in [0.25, 0.3) is 0 Å². The summed E-state index contributed by atoms with van der Waals surface area (Å²) in [5.41, 5.74) is 0. The van der Waals surface area contributed by atoms with Crippen molar-refractivity contribution in [2.24, 2.45) is 0 Å². The molecule has 0 aromatic heterocycles. The van der Waals surface area contributed by atoms with Gasteiger partial charge in [-0.1, -0.05) is 0 Å². The number of thiol groups is 1. The lowest BCUT2D eigenvalue weighted by molar-refractivity contribution is -0.396. The highest BCUT2D eigenvalue weighted by Crippen LogP contribution is 2.39. The first-order valence-corrected chi connectivity index (χ1v) is 25.1. The molecule has 21 fully saturated rings. The van der Waals surface area contributed by atoms with Crippen molar-refractivity contribution >= 4 is 12.6 Å². The van der Waals surface area contributed by atoms with Crippen LogP contribution in [0.25, 0.3) is 0 Å². The monoisotopic (exact) mass is 1150 g/mol. The standard InChI is InChI=1S/C42H70O34S/c43-1-8-28-16(51)22(57)37(64-8)72-30-10(3-45)66-39(24(59)18(30)53)74-32-12(5-47)68-41(26(61)20(32)55)76-34-14(7-49)69-42(27(62)35(34)77)75-33-13(6-48)67-40(25(60)19(33)54)73-31-11(4-46)65-38(23(58)17(31)52)71-29-9(2-44)63-36(70-28)21(56)15(29)50/h8-62,77H,1-7H2/t8-,9-,10-,11-,12-,13-,14-,15-,16-,17-,18-,19-,20-,21-,22-,23-,24-,25-,26-,27-,28-,29-,30-,31-,32-,33-,34-,35-,36-,37-,38-,39-,40-,41-,42-/m1/s1. The molecule has 0 amide bonds. The molecule has 14 bridgehead atoms. The molecular weight excluding hydrogens is 1080 g/mol. The highest BCUT2D eigenvalue weighted by molar-refractivity contribution is 7.81. The summed E-state index contributed by atoms with van der Waals surface area (Å²) in [4.78, 5) is 0. The smallest absolute Gasteiger partial charge is 0.187 e. The van der Waals surface area contributed by atoms with Gasteiger partial charge < -0.3 is 168 Å². The third-order valence-corrected chi connectivity index (χ3v) is 15.4. The largest absolute Gasteiger partial charge is 0.394 e. The molecule has 0 aromatic carbocycles. The van der Waals surface area contributed by atoms with Crippen LogP contribution in [0.4, 0.5) is 0 Å². The molecule has 21 rings (SSSR count). The maximum absolute atomic E-state index is 11.4. The minimum Gasteiger partial charge on any atom is -0.394 e. The summed E-state index contributed by atoms with van der Waals surface area (Å²) in [7, 11) is 0. The quantitative estimate of drug-likeness (QED) is 0.105. The molecule has 77 heavy (non-hydrogen) atoms. The predicted molar refractivity (Wildman–Crippen MR) is 235 cm³/mol. The van der Waals surface area contributed by atoms with Gasteiger partial charge in [0.1, 0.15) is 165 Å². The van der Waals surface area contributed by atoms with Gasteiger partial charge in [0.15, 0.2) is 44.0 Å². The maximum atomic E-state index is 11.4. The highest BCUT2D eigenvalue weighted by atomic mass is 32.1. The first kappa shape index (κ1) is 62.0. The van der Waals surface area contributed by atoms with Gasteiger partial charge in [0, 0.05) is 0 Å². The molecule has 21 heterocycles. The predicted octanol–water partition coefficient (Wildman–Crippen LogP) is -14.3. The summed E-state index contributed by atoms with van der Waals surface area (Å²) in [6.07, 6.45) is -66.2. The second kappa shape index (κ2) is 26.3. The van der Waals surface area contributed by atoms with E-state index in [0.717, 1.165) is 0 Å². The number of aliphatic hydroxyl groups excluding tert-OH is 20. The number of ether oxygens (including phenoxy) is 14. The van der Waals surface area contributed by atoms with E-state index in [4.69, 9.17) is 66.3 Å². The minimum absolute atomic E-state index is 0.936. The third-order valence-electron chi connectivity index (χ3n) is 14.8. The fourth-order valence-corrected chi connectivity index (χ4v) is 10.8. The van der Waals surface area contributed by atoms with Crippen molar-refractivity contribution in [2.75, 3.05) is 46.2 Å². The zero-order chi connectivity index (χ0) is 56.1. The van der Waals surface area contributed by atoms with Crippen LogP contribution < -0.4 is 0 Å². The molecule has 35 heteroatoms. The van der Waals surface area contributed by atoms with Crippen LogP contribution in [0.3, 0.4) is 0 Å². The molecule has 21 aliphatic heterocycles. The van der Waals surface area contributed by atoms with Gasteiger partial charge >= 0.3 is 0 Å². The molecule has 35 atom stereocenters. The molecular formula is C42H70O34S. The van der Waals surface area contributed by atoms with E-state index in [2.05, 4.69) is 12.6 Å². The summed E-state index contributed by atoms with van der Waals surface area (Å²) in [6, 6.07) is 0. The molecule has 0 spiro atoms. The normalized spacial score (nSPS) is 55.4. The molecule has 0 saturated carbocycles. The topological polar surface area (TPSA) is 534 Å². The Kier molecular flexibility index (Phi) is 21.2. The zero-order valence-corrected chi connectivity index (χ0v) is 41.2. The maximum Gasteiger partial charge on any atom is 0.187 e. The summed E-state index contributed by atoms with van der Waals surface area (Å²) >= 11 is 4.41. The molecule has 0 aromatic rings. The van der Waals surface area contributed by atoms with E-state index >= 15 is 0 Å². The summed E-state index contributed by atoms with van der Waals surface area (Å²) in [6.45, 7) is -7.08. The van der Waals surface area contributed by atoms with E-state index in [0.29, 0.717) is 0 Å². The SMILES string of the molecule is OC[C@H]1O[C@@H]2O[C@H]3[C@H](O)[C@@H](O)[C@@H](O[C@H]4[C@H](O)[C@@H](O)[C@@H](O[C@H]5[C@H](S)[C@@H](O)[C@@H](O[C@H]6[C@H](O)[C@@H](O)[C@@H](O[C@H]7[C@H](O)[C@@H](O)[C@@H](O[C@H]8[C@H](O)[C@@H](O)[C@@H](O[C@H]1[C@H](O)[C@H]2O)O[C@@H]8CO)O[C@@H]7CO)O[C@@H]6CO)O[C@@H]5CO)O[C@@H]4CO)O[C@@H]3CO. The van der Waals surface area contributed by atoms with Gasteiger partial charge in [-0.05, 0) is 0 Å². The number of aliphatic hydroxyl groups is 20. The molecule has 0 radical (unpaired) electrons. The Bertz CT molecular complexity index is 1470. The van der Waals surface area contributed by atoms with E-state index < -0.39 is 260 Å². The van der Waals surface area contributed by atoms with Crippen LogP contribution in [0.5, 0.6) is 0 Å². The summed E-state index contributed by atoms with van der Waals surface area (Å²) < 4.78 is 80.1. The van der Waals surface area contributed by atoms with Crippen LogP contribution >= 0.6 is 12.6 Å². The average molecular weight is 1150 g/mol. The Morgan fingerprint density at radius 3 is 0.506 bits per heavy atom. The average Bonchev–Trinajstić information content (AvgIpc) is 3.45. The first-order valence-electron chi connectivity index (χ1n) is 24.6. The lowest BCUT2D eigenvalue weighted by Crippen LogP contribution is -2.68. The Labute approximate surface area is 440 Å². The van der Waals surface area contributed by atoms with Crippen molar-refractivity contribution in [3.05, 3.63) is 0 Å². The molecule has 34 nitrogen and oxygen atoms in total. The fourth-order valence-electron chi connectivity index (χ4n) is 10.4. The van der Waals surface area contributed by atoms with Crippen LogP contribution in [-0.2, 0) is 66.3 Å². The van der Waals surface area contributed by atoms with Gasteiger partial charge in [0.05, 0.1) is 51.5 Å². The van der Waals surface area contributed by atoms with Gasteiger partial charge in [-0.2, -0.15) is 12.6 Å². The van der Waals surface area contributed by atoms with Crippen molar-refractivity contribution < 1.29 is 168 Å². The minimum atomic E-state index is -2.20. The second-order valence-electron chi connectivity index (χ2n) is 19.7. The summed E-state index contributed by atoms with van der Waals surface area (Å²) in [5, 5.41) is 218. The van der Waals surface area contributed by atoms with Crippen molar-refractivity contribution in [1.82, 2.24) is 0 Å². The second-order valence-corrected chi connectivity index (χ2v) is 20.2. The Morgan fingerprint density at radius 1 is 0.195 bits per heavy atom. The summed E-state index contributed by atoms with van der Waals surface area (Å²) in [5.74, 6) is 0. The lowest BCUT2D eigenvalue weighted by Gasteiger charge is -2.50. The third kappa shape index (κ3) is 12.2. The van der Waals surface area contributed by atoms with Crippen LogP contribution in [0.1, 0.15) is 0 Å². The molecule has 21 aliphatic rings. The van der Waals surface area contributed by atoms with Gasteiger partial charge in [-0.25, -0.2) is 0 Å². The Morgan fingerprint density at radius 2 is 0.338 bits per heavy atom. The van der Waals surface area contributed by atoms with E-state index in [1.165, 1.54) is 0 Å². The van der Waals surface area contributed by atoms with Gasteiger partial charge in [-0.3, -0.25) is 0 Å².